The van der Waals surface area contributed by atoms with Gasteiger partial charge in [0.15, 0.2) is 45.8 Å². The first kappa shape index (κ1) is 133. The molecule has 0 radical (unpaired) electrons. The van der Waals surface area contributed by atoms with E-state index in [2.05, 4.69) is 94.6 Å². The highest BCUT2D eigenvalue weighted by atomic mass is 32.3. The van der Waals surface area contributed by atoms with Crippen molar-refractivity contribution in [3.05, 3.63) is 84.4 Å². The van der Waals surface area contributed by atoms with Crippen LogP contribution in [0.3, 0.4) is 0 Å². The summed E-state index contributed by atoms with van der Waals surface area (Å²) in [5.41, 5.74) is 1.43. The molecule has 0 amide bonds. The van der Waals surface area contributed by atoms with Crippen molar-refractivity contribution in [2.45, 2.75) is 79.9 Å². The number of ether oxygens (including phenoxy) is 3. The van der Waals surface area contributed by atoms with E-state index < -0.39 is 172 Å². The van der Waals surface area contributed by atoms with Crippen molar-refractivity contribution in [3.8, 4) is 12.3 Å². The first-order chi connectivity index (χ1) is 60.1. The molecule has 47 nitrogen and oxygen atoms in total. The van der Waals surface area contributed by atoms with Crippen molar-refractivity contribution in [3.63, 3.8) is 0 Å². The fraction of sp³-hybridized carbons (Fsp3) is 0.564. The Hall–Kier alpha value is -6.55. The number of rotatable bonds is 17. The molecule has 6 saturated heterocycles. The molecule has 6 aliphatic heterocycles. The maximum absolute atomic E-state index is 12.7. The van der Waals surface area contributed by atoms with E-state index in [4.69, 9.17) is 19.5 Å². The van der Waals surface area contributed by atoms with Crippen LogP contribution >= 0.6 is 31.7 Å². The molecule has 0 bridgehead atoms. The number of hydrogen-bond acceptors (Lipinski definition) is 30. The number of benzene rings is 2. The van der Waals surface area contributed by atoms with E-state index in [0.717, 1.165) is 19.2 Å². The minimum Gasteiger partial charge on any atom is -0.481 e. The molecule has 772 valence electrons. The zero-order valence-electron chi connectivity index (χ0n) is 71.7. The summed E-state index contributed by atoms with van der Waals surface area (Å²) in [5, 5.41) is 0. The molecule has 0 saturated carbocycles. The van der Waals surface area contributed by atoms with Crippen molar-refractivity contribution in [2.75, 3.05) is 129 Å². The van der Waals surface area contributed by atoms with E-state index in [1.165, 1.54) is 66.8 Å². The van der Waals surface area contributed by atoms with Gasteiger partial charge in [0.05, 0.1) is 58.7 Å². The third-order valence-corrected chi connectivity index (χ3v) is 23.9. The van der Waals surface area contributed by atoms with Crippen LogP contribution in [0.25, 0.3) is 0 Å². The Kier molecular flexibility index (Phi) is 63.0. The van der Waals surface area contributed by atoms with Crippen LogP contribution in [0.2, 0.25) is 0 Å². The molecule has 6 fully saturated rings. The van der Waals surface area contributed by atoms with Crippen molar-refractivity contribution >= 4 is 206 Å². The molecule has 0 aliphatic carbocycles. The van der Waals surface area contributed by atoms with Crippen LogP contribution < -0.4 is 0 Å². The molecule has 0 N–H and O–H groups in total. The van der Waals surface area contributed by atoms with Crippen LogP contribution in [0.5, 0.6) is 0 Å². The Labute approximate surface area is 771 Å². The minimum atomic E-state index is -5.46. The van der Waals surface area contributed by atoms with Gasteiger partial charge in [-0.1, -0.05) is 126 Å². The van der Waals surface area contributed by atoms with Gasteiger partial charge in [-0.25, -0.2) is 31.0 Å². The predicted molar refractivity (Wildman–Crippen MR) is 470 cm³/mol. The lowest BCUT2D eigenvalue weighted by atomic mass is 10.0. The largest absolute Gasteiger partial charge is 0.532 e. The lowest BCUT2D eigenvalue weighted by Gasteiger charge is -2.11. The summed E-state index contributed by atoms with van der Waals surface area (Å²) < 4.78 is 459. The molecule has 6 aliphatic rings. The second kappa shape index (κ2) is 63.1. The Morgan fingerprint density at radius 3 is 1.26 bits per heavy atom. The molecule has 0 aromatic heterocycles. The number of sulfonamides is 1. The van der Waals surface area contributed by atoms with Crippen LogP contribution in [-0.2, 0) is 190 Å². The monoisotopic (exact) mass is 2260 g/mol. The maximum Gasteiger partial charge on any atom is 0.532 e. The van der Waals surface area contributed by atoms with Crippen LogP contribution in [0.15, 0.2) is 125 Å². The molecule has 2 aromatic carbocycles. The van der Waals surface area contributed by atoms with Gasteiger partial charge in [0.2, 0.25) is 0 Å². The van der Waals surface area contributed by atoms with Gasteiger partial charge in [0.25, 0.3) is 10.0 Å². The topological polar surface area (TPSA) is 598 Å². The highest BCUT2D eigenvalue weighted by Gasteiger charge is 2.27. The summed E-state index contributed by atoms with van der Waals surface area (Å²) in [6.45, 7) is 17.0. The number of terminal acetylenes is 1. The zero-order chi connectivity index (χ0) is 104. The van der Waals surface area contributed by atoms with E-state index in [1.807, 2.05) is 0 Å². The maximum atomic E-state index is 12.7. The summed E-state index contributed by atoms with van der Waals surface area (Å²) in [5.74, 6) is 2.35. The Balaban J connectivity index is -0.000000686. The number of amidine groups is 4. The van der Waals surface area contributed by atoms with Gasteiger partial charge < -0.3 is 33.8 Å². The number of halogens is 15. The smallest absolute Gasteiger partial charge is 0.481 e. The number of likely N-dealkylation sites (N-methyl/N-ethyl adjacent to an activating group) is 2. The lowest BCUT2D eigenvalue weighted by molar-refractivity contribution is 0.293. The quantitative estimate of drug-likeness (QED) is 0.0270. The Morgan fingerprint density at radius 2 is 0.985 bits per heavy atom. The normalized spacial score (nSPS) is 19.4. The highest BCUT2D eigenvalue weighted by Crippen LogP contribution is 2.53. The van der Waals surface area contributed by atoms with E-state index >= 15 is 0 Å². The van der Waals surface area contributed by atoms with Gasteiger partial charge in [0, 0.05) is 98.3 Å². The van der Waals surface area contributed by atoms with Crippen LogP contribution in [0, 0.1) is 12.3 Å². The van der Waals surface area contributed by atoms with E-state index in [1.54, 1.807) is 129 Å². The van der Waals surface area contributed by atoms with E-state index in [-0.39, 0.29) is 73.9 Å². The first-order valence-corrected chi connectivity index (χ1v) is 55.6. The second-order valence-electron chi connectivity index (χ2n) is 23.7. The molecule has 8 rings (SSSR count). The summed E-state index contributed by atoms with van der Waals surface area (Å²) in [4.78, 5) is 5.92. The summed E-state index contributed by atoms with van der Waals surface area (Å²) in [6, 6.07) is 16.9. The Morgan fingerprint density at radius 1 is 0.541 bits per heavy atom. The number of likely N-dealkylation sites (tertiary alicyclic amines) is 1. The molecule has 5 unspecified atom stereocenters. The van der Waals surface area contributed by atoms with Crippen LogP contribution in [0.1, 0.15) is 78.9 Å². The molecular weight excluding hydrogens is 2170 g/mol. The molecule has 0 spiro atoms. The van der Waals surface area contributed by atoms with Gasteiger partial charge in [-0.2, -0.15) is 73.2 Å². The van der Waals surface area contributed by atoms with Gasteiger partial charge in [-0.3, -0.25) is 29.3 Å². The summed E-state index contributed by atoms with van der Waals surface area (Å²) in [7, 11) is -45.4. The Bertz CT molecular complexity index is 5450. The molecule has 5 atom stereocenters. The molecule has 6 heterocycles. The molecule has 78 heteroatoms. The highest BCUT2D eigenvalue weighted by molar-refractivity contribution is 7.95. The third-order valence-electron chi connectivity index (χ3n) is 11.9. The van der Waals surface area contributed by atoms with Crippen molar-refractivity contribution in [2.24, 2.45) is 51.7 Å². The minimum absolute atomic E-state index is 0.0264. The van der Waals surface area contributed by atoms with Gasteiger partial charge in [-0.05, 0) is 47.5 Å². The zero-order valence-corrected chi connectivity index (χ0v) is 85.1. The fourth-order valence-electron chi connectivity index (χ4n) is 6.77. The third kappa shape index (κ3) is 83.4. The van der Waals surface area contributed by atoms with Crippen LogP contribution in [0.4, 0.5) is 60.8 Å². The lowest BCUT2D eigenvalue weighted by Crippen LogP contribution is -2.24. The SMILES string of the molecule is C#CC1COS(=NS(=O)(=O)F)O1.C=CC1COS(=NS(=O)(=O)F)O1.CC(=NS(=O)(=O)F)N(C)C.CC(C)=NP(=O)(F)F.CCC(C)=NP(=O)(F)F.CCOC(C)=NP(=O)(F)F.CN1CCCC1=NS(=O)(=O)F.CN1CCOC1=NS(=O)(=O)F.CN1CCOS1=NS(=O)(=O)F.COC(=NS(C)(=O)=O)N(C)C.O=P(F)(F)N=C(c1ccccc1)c1ccccc1.O=S(=O)(F)N=S1OCCO1. The fourth-order valence-corrected chi connectivity index (χ4v) is 16.8. The van der Waals surface area contributed by atoms with Crippen LogP contribution in [-0.4, -0.2) is 279 Å². The van der Waals surface area contributed by atoms with Gasteiger partial charge >= 0.3 is 117 Å². The summed E-state index contributed by atoms with van der Waals surface area (Å²) in [6.07, 6.45) is 8.08. The van der Waals surface area contributed by atoms with Crippen molar-refractivity contribution < 1.29 is 190 Å². The number of nitrogens with zero attached hydrogens (tertiary/aromatic N) is 17. The standard InChI is InChI=1S/C13H10F2NOP.C5H9FN2O2S.C5H12N2O3S.C4H8F2NO2P.C4H8F2NOP.C4H7FN2O3S.C4H9FN2O2S.C4H6FNO4S2.C4H4FNO4S2.C3H6F2NOP.C3H7FN2O3S2.C2H4FNO4S2/c14-18(15,17)16-13(11-7-3-1-4-8-11)12-9-5-2-6-10-12;1-8-4-2-3-5(8)7-11(6,9)10;1-7(2)5(10-3)6-11(4,8)9;1-3-9-4(2)7-10(5,6)8;1-3-4(2)7-9(5,6)8;1-7-2-3-10-4(7)6-11(5,8)9;1-4(7(2)3)6-10(5,8)9;2*1-2-4-3-9-11(10-4)6-12(5,7)8;1-3(2)6-8(4,5)7;1-6-2-3-9-10(6)5-11(4,7)8;3-10(5,6)4-9-7-1-2-8-9/h1-10H;2-4H2,1H3;1-4H3;3H2,1-2H3;3H2,1-2H3;2-3H2,1H3;1-3H3;2,4H,1,3H2;1,4H,3H2;1-2H3;2-3H2,1H3;1-2H2. The second-order valence-corrected chi connectivity index (χ2v) is 42.3. The average Bonchev–Trinajstić information content (AvgIpc) is 1.82. The van der Waals surface area contributed by atoms with E-state index in [0.29, 0.717) is 56.1 Å². The molecule has 133 heavy (non-hydrogen) atoms. The predicted octanol–water partition coefficient (Wildman–Crippen LogP) is 12.0. The van der Waals surface area contributed by atoms with Gasteiger partial charge in [0.1, 0.15) is 42.1 Å². The molecular formula is C55H90F15N17O30P4S12. The first-order valence-electron chi connectivity index (χ1n) is 34.4. The average molecular weight is 2260 g/mol. The van der Waals surface area contributed by atoms with E-state index in [9.17, 15) is 146 Å². The van der Waals surface area contributed by atoms with Gasteiger partial charge in [-0.15, -0.1) is 64.5 Å². The van der Waals surface area contributed by atoms with Crippen molar-refractivity contribution in [1.82, 2.24) is 23.9 Å². The number of hydrogen-bond donors (Lipinski definition) is 0. The van der Waals surface area contributed by atoms with Crippen molar-refractivity contribution in [1.29, 1.82) is 0 Å². The molecule has 2 aromatic rings. The number of methoxy groups -OCH3 is 1. The summed E-state index contributed by atoms with van der Waals surface area (Å²) >= 11 is -6.12.